The van der Waals surface area contributed by atoms with E-state index in [1.165, 1.54) is 24.3 Å². The van der Waals surface area contributed by atoms with Gasteiger partial charge in [0.25, 0.3) is 11.8 Å². The zero-order valence-corrected chi connectivity index (χ0v) is 35.6. The summed E-state index contributed by atoms with van der Waals surface area (Å²) in [7, 11) is 10.2. The summed E-state index contributed by atoms with van der Waals surface area (Å²) in [5.41, 5.74) is 5.91. The molecule has 0 aliphatic rings. The van der Waals surface area contributed by atoms with E-state index >= 15 is 0 Å². The summed E-state index contributed by atoms with van der Waals surface area (Å²) in [4.78, 5) is 36.1. The van der Waals surface area contributed by atoms with Gasteiger partial charge in [-0.2, -0.15) is 0 Å². The lowest BCUT2D eigenvalue weighted by Crippen LogP contribution is -2.41. The van der Waals surface area contributed by atoms with Crippen LogP contribution >= 0.6 is 0 Å². The van der Waals surface area contributed by atoms with E-state index < -0.39 is 0 Å². The third kappa shape index (κ3) is 14.7. The van der Waals surface area contributed by atoms with Gasteiger partial charge in [0.2, 0.25) is 0 Å². The second-order valence-electron chi connectivity index (χ2n) is 15.3. The van der Waals surface area contributed by atoms with Gasteiger partial charge in [-0.25, -0.2) is 8.78 Å². The van der Waals surface area contributed by atoms with Crippen LogP contribution in [0.5, 0.6) is 23.0 Å². The largest absolute Gasteiger partial charge is 0.457 e. The molecular weight excluding hydrogens is 763 g/mol. The maximum absolute atomic E-state index is 13.0. The molecule has 0 unspecified atom stereocenters. The van der Waals surface area contributed by atoms with Crippen molar-refractivity contribution in [2.24, 2.45) is 0 Å². The van der Waals surface area contributed by atoms with Crippen molar-refractivity contribution in [1.29, 1.82) is 0 Å². The van der Waals surface area contributed by atoms with Crippen LogP contribution in [-0.4, -0.2) is 92.6 Å². The van der Waals surface area contributed by atoms with E-state index in [-0.39, 0.29) is 30.9 Å². The third-order valence-corrected chi connectivity index (χ3v) is 8.74. The quantitative estimate of drug-likeness (QED) is 0.0835. The van der Waals surface area contributed by atoms with Gasteiger partial charge in [-0.1, -0.05) is 0 Å². The van der Waals surface area contributed by atoms with Crippen molar-refractivity contribution in [2.75, 3.05) is 61.4 Å². The predicted octanol–water partition coefficient (Wildman–Crippen LogP) is 9.15. The summed E-state index contributed by atoms with van der Waals surface area (Å²) in [6.45, 7) is 6.55. The van der Waals surface area contributed by atoms with E-state index in [0.29, 0.717) is 47.2 Å². The second kappa shape index (κ2) is 21.5. The van der Waals surface area contributed by atoms with E-state index in [0.717, 1.165) is 51.5 Å². The normalized spacial score (nSPS) is 10.8. The summed E-state index contributed by atoms with van der Waals surface area (Å²) in [6.07, 6.45) is 0. The summed E-state index contributed by atoms with van der Waals surface area (Å²) in [5, 5.41) is 5.89. The maximum atomic E-state index is 13.0. The Morgan fingerprint density at radius 1 is 0.583 bits per heavy atom. The van der Waals surface area contributed by atoms with E-state index in [1.807, 2.05) is 81.4 Å². The van der Waals surface area contributed by atoms with Gasteiger partial charge in [-0.15, -0.1) is 0 Å². The highest BCUT2D eigenvalue weighted by atomic mass is 19.1. The number of ether oxygens (including phenoxy) is 2. The molecule has 0 atom stereocenters. The molecule has 60 heavy (non-hydrogen) atoms. The zero-order chi connectivity index (χ0) is 42.5. The molecule has 0 bridgehead atoms. The van der Waals surface area contributed by atoms with E-state index in [9.17, 15) is 18.4 Å². The highest BCUT2D eigenvalue weighted by Gasteiger charge is 2.13. The first kappa shape index (κ1) is 46.2. The van der Waals surface area contributed by atoms with Crippen LogP contribution in [0.4, 0.5) is 8.78 Å². The minimum Gasteiger partial charge on any atom is -0.457 e. The fraction of sp³-hybridized carbons (Fsp3) is 0.229. The van der Waals surface area contributed by atoms with Crippen LogP contribution in [0, 0.1) is 32.9 Å². The number of aromatic nitrogens is 2. The molecule has 0 fully saturated rings. The lowest BCUT2D eigenvalue weighted by atomic mass is 10.1. The number of halogens is 2. The Balaban J connectivity index is 0.000000260. The van der Waals surface area contributed by atoms with Crippen LogP contribution in [0.15, 0.2) is 121 Å². The van der Waals surface area contributed by atoms with Crippen LogP contribution in [-0.2, 0) is 0 Å². The maximum Gasteiger partial charge on any atom is 0.251 e. The number of likely N-dealkylation sites (N-methyl/N-ethyl adjacent to an activating group) is 2. The number of hydrogen-bond donors (Lipinski definition) is 2. The van der Waals surface area contributed by atoms with Crippen molar-refractivity contribution in [3.05, 3.63) is 163 Å². The van der Waals surface area contributed by atoms with Crippen LogP contribution in [0.2, 0.25) is 0 Å². The molecule has 0 spiro atoms. The average molecular weight is 817 g/mol. The van der Waals surface area contributed by atoms with Crippen LogP contribution < -0.4 is 20.1 Å². The van der Waals surface area contributed by atoms with Crippen LogP contribution in [0.1, 0.15) is 32.1 Å². The number of amides is 2. The van der Waals surface area contributed by atoms with Gasteiger partial charge < -0.3 is 36.9 Å². The Kier molecular flexibility index (Phi) is 16.5. The Morgan fingerprint density at radius 2 is 0.933 bits per heavy atom. The molecule has 12 heteroatoms. The van der Waals surface area contributed by atoms with Crippen LogP contribution in [0.3, 0.4) is 0 Å². The van der Waals surface area contributed by atoms with E-state index in [4.69, 9.17) is 9.47 Å². The summed E-state index contributed by atoms with van der Waals surface area (Å²) >= 11 is 0. The van der Waals surface area contributed by atoms with E-state index in [1.54, 1.807) is 48.5 Å². The lowest BCUT2D eigenvalue weighted by molar-refractivity contribution is -0.869. The van der Waals surface area contributed by atoms with Crippen molar-refractivity contribution in [1.82, 2.24) is 25.5 Å². The Morgan fingerprint density at radius 3 is 1.28 bits per heavy atom. The van der Waals surface area contributed by atoms with Crippen molar-refractivity contribution >= 4 is 11.8 Å². The molecule has 0 radical (unpaired) electrons. The molecule has 0 saturated carbocycles. The second-order valence-corrected chi connectivity index (χ2v) is 15.3. The zero-order valence-electron chi connectivity index (χ0n) is 35.6. The number of nitrogens with one attached hydrogen (secondary N) is 2. The third-order valence-electron chi connectivity index (χ3n) is 8.74. The molecule has 2 N–H and O–H groups in total. The standard InChI is InChI=1S/C24H26FN3O2.C23H24FN3O2.CH3/c1-17-15-19(24(29)26-13-14-28(2,3)4)16-23(27-17)18-5-9-21(10-6-18)30-22-11-7-20(25)8-12-22;1-16-14-18(23(28)25-12-13-27(2)3)15-22(26-16)17-4-8-20(9-5-17)29-21-10-6-19(24)7-11-21;/h5-12,15-16H,13-14H2,1-4H3;4-11,14-15H,12-13H2,1-3H3,(H,25,28);1H3/q;;-1/p+1. The first-order chi connectivity index (χ1) is 28.1. The summed E-state index contributed by atoms with van der Waals surface area (Å²) in [5.74, 6) is 1.56. The molecule has 2 heterocycles. The average Bonchev–Trinajstić information content (AvgIpc) is 3.19. The minimum atomic E-state index is -0.306. The van der Waals surface area contributed by atoms with Crippen LogP contribution in [0.25, 0.3) is 22.5 Å². The molecule has 2 amide bonds. The smallest absolute Gasteiger partial charge is 0.251 e. The Hall–Kier alpha value is -6.50. The number of carbonyl (C=O) groups excluding carboxylic acids is 2. The molecule has 6 rings (SSSR count). The number of hydrogen-bond acceptors (Lipinski definition) is 7. The topological polar surface area (TPSA) is 106 Å². The number of carbonyl (C=O) groups is 2. The number of pyridine rings is 2. The molecule has 0 aliphatic heterocycles. The first-order valence-corrected chi connectivity index (χ1v) is 19.2. The molecule has 0 aliphatic carbocycles. The fourth-order valence-electron chi connectivity index (χ4n) is 5.66. The SMILES string of the molecule is Cc1cc(C(=O)NCCN(C)C)cc(-c2ccc(Oc3ccc(F)cc3)cc2)n1.Cc1cc(C(=O)NCC[N+](C)(C)C)cc(-c2ccc(Oc3ccc(F)cc3)cc2)n1.[CH3-]. The van der Waals surface area contributed by atoms with Crippen molar-refractivity contribution in [3.8, 4) is 45.5 Å². The minimum absolute atomic E-state index is 0. The van der Waals surface area contributed by atoms with Gasteiger partial charge in [0.1, 0.15) is 34.6 Å². The van der Waals surface area contributed by atoms with Gasteiger partial charge in [0.15, 0.2) is 0 Å². The van der Waals surface area contributed by atoms with E-state index in [2.05, 4.69) is 41.7 Å². The monoisotopic (exact) mass is 816 g/mol. The number of quaternary nitrogens is 1. The summed E-state index contributed by atoms with van der Waals surface area (Å²) in [6, 6.07) is 33.7. The van der Waals surface area contributed by atoms with Crippen molar-refractivity contribution in [3.63, 3.8) is 0 Å². The first-order valence-electron chi connectivity index (χ1n) is 19.2. The number of benzene rings is 4. The molecular formula is C48H54F2N6O4. The van der Waals surface area contributed by atoms with Gasteiger partial charge in [0.05, 0.1) is 45.6 Å². The number of aryl methyl sites for hydroxylation is 2. The Bertz CT molecular complexity index is 2310. The van der Waals surface area contributed by atoms with Gasteiger partial charge >= 0.3 is 0 Å². The molecule has 6 aromatic rings. The molecule has 4 aromatic carbocycles. The fourth-order valence-corrected chi connectivity index (χ4v) is 5.66. The highest BCUT2D eigenvalue weighted by molar-refractivity contribution is 5.96. The molecule has 0 saturated heterocycles. The lowest BCUT2D eigenvalue weighted by Gasteiger charge is -2.23. The molecule has 314 valence electrons. The molecule has 10 nitrogen and oxygen atoms in total. The number of nitrogens with zero attached hydrogens (tertiary/aromatic N) is 4. The highest BCUT2D eigenvalue weighted by Crippen LogP contribution is 2.28. The van der Waals surface area contributed by atoms with Gasteiger partial charge in [-0.3, -0.25) is 19.6 Å². The summed E-state index contributed by atoms with van der Waals surface area (Å²) < 4.78 is 38.2. The van der Waals surface area contributed by atoms with Gasteiger partial charge in [-0.05, 0) is 149 Å². The van der Waals surface area contributed by atoms with Crippen molar-refractivity contribution in [2.45, 2.75) is 13.8 Å². The Labute approximate surface area is 352 Å². The number of rotatable bonds is 14. The van der Waals surface area contributed by atoms with Crippen molar-refractivity contribution < 1.29 is 32.3 Å². The van der Waals surface area contributed by atoms with Gasteiger partial charge in [0, 0.05) is 46.7 Å². The molecule has 2 aromatic heterocycles. The predicted molar refractivity (Wildman–Crippen MR) is 234 cm³/mol.